The van der Waals surface area contributed by atoms with E-state index in [-0.39, 0.29) is 24.3 Å². The third-order valence-corrected chi connectivity index (χ3v) is 4.43. The first-order valence-corrected chi connectivity index (χ1v) is 8.56. The highest BCUT2D eigenvalue weighted by Crippen LogP contribution is 2.34. The first kappa shape index (κ1) is 17.3. The third kappa shape index (κ3) is 3.78. The molecular weight excluding hydrogens is 320 g/mol. The molecule has 0 fully saturated rings. The minimum Gasteiger partial charge on any atom is -0.486 e. The molecule has 0 unspecified atom stereocenters. The van der Waals surface area contributed by atoms with Gasteiger partial charge in [-0.3, -0.25) is 4.79 Å². The standard InChI is InChI=1S/C19H24N2O4/c1-11(2)19(14-5-6-16-17(9-14)24-8-7-23-16)20-18(22)10-15-12(3)21-25-13(15)4/h5-6,9,11,19H,7-8,10H2,1-4H3,(H,20,22)/t19-/m1/s1. The monoisotopic (exact) mass is 344 g/mol. The van der Waals surface area contributed by atoms with Crippen LogP contribution in [0.4, 0.5) is 0 Å². The summed E-state index contributed by atoms with van der Waals surface area (Å²) < 4.78 is 16.4. The number of nitrogens with one attached hydrogen (secondary N) is 1. The Hall–Kier alpha value is -2.50. The van der Waals surface area contributed by atoms with Crippen LogP contribution in [0.3, 0.4) is 0 Å². The first-order valence-electron chi connectivity index (χ1n) is 8.56. The van der Waals surface area contributed by atoms with E-state index in [0.717, 1.165) is 28.3 Å². The number of aromatic nitrogens is 1. The van der Waals surface area contributed by atoms with Crippen molar-refractivity contribution in [2.24, 2.45) is 5.92 Å². The summed E-state index contributed by atoms with van der Waals surface area (Å²) in [6.07, 6.45) is 0.259. The minimum absolute atomic E-state index is 0.0528. The number of benzene rings is 1. The lowest BCUT2D eigenvalue weighted by molar-refractivity contribution is -0.121. The number of ether oxygens (including phenoxy) is 2. The molecule has 0 aliphatic carbocycles. The quantitative estimate of drug-likeness (QED) is 0.902. The minimum atomic E-state index is -0.108. The second-order valence-corrected chi connectivity index (χ2v) is 6.67. The van der Waals surface area contributed by atoms with Gasteiger partial charge in [0.2, 0.25) is 5.91 Å². The Morgan fingerprint density at radius 2 is 1.92 bits per heavy atom. The molecule has 1 aliphatic rings. The summed E-state index contributed by atoms with van der Waals surface area (Å²) in [5.41, 5.74) is 2.61. The van der Waals surface area contributed by atoms with E-state index < -0.39 is 0 Å². The van der Waals surface area contributed by atoms with E-state index in [1.807, 2.05) is 32.0 Å². The van der Waals surface area contributed by atoms with E-state index >= 15 is 0 Å². The number of carbonyl (C=O) groups is 1. The zero-order valence-electron chi connectivity index (χ0n) is 15.1. The number of amides is 1. The van der Waals surface area contributed by atoms with Crippen LogP contribution in [0, 0.1) is 19.8 Å². The molecule has 6 heteroatoms. The van der Waals surface area contributed by atoms with Gasteiger partial charge in [-0.2, -0.15) is 0 Å². The second kappa shape index (κ2) is 7.17. The number of carbonyl (C=O) groups excluding carboxylic acids is 1. The molecule has 1 atom stereocenters. The van der Waals surface area contributed by atoms with E-state index in [0.29, 0.717) is 19.0 Å². The van der Waals surface area contributed by atoms with Crippen molar-refractivity contribution in [1.82, 2.24) is 10.5 Å². The number of aryl methyl sites for hydroxylation is 2. The third-order valence-electron chi connectivity index (χ3n) is 4.43. The van der Waals surface area contributed by atoms with Crippen molar-refractivity contribution in [2.45, 2.75) is 40.2 Å². The van der Waals surface area contributed by atoms with Crippen molar-refractivity contribution in [3.8, 4) is 11.5 Å². The largest absolute Gasteiger partial charge is 0.486 e. The SMILES string of the molecule is Cc1noc(C)c1CC(=O)N[C@@H](c1ccc2c(c1)OCCO2)C(C)C. The fourth-order valence-corrected chi connectivity index (χ4v) is 3.03. The maximum absolute atomic E-state index is 12.6. The van der Waals surface area contributed by atoms with Crippen molar-refractivity contribution < 1.29 is 18.8 Å². The van der Waals surface area contributed by atoms with Crippen LogP contribution in [-0.4, -0.2) is 24.3 Å². The number of hydrogen-bond acceptors (Lipinski definition) is 5. The summed E-state index contributed by atoms with van der Waals surface area (Å²) in [7, 11) is 0. The van der Waals surface area contributed by atoms with Gasteiger partial charge < -0.3 is 19.3 Å². The molecule has 1 aliphatic heterocycles. The molecule has 0 saturated carbocycles. The summed E-state index contributed by atoms with van der Waals surface area (Å²) in [6, 6.07) is 5.73. The van der Waals surface area contributed by atoms with Crippen molar-refractivity contribution >= 4 is 5.91 Å². The summed E-state index contributed by atoms with van der Waals surface area (Å²) in [6.45, 7) is 8.94. The Balaban J connectivity index is 1.76. The maximum Gasteiger partial charge on any atom is 0.225 e. The van der Waals surface area contributed by atoms with Crippen molar-refractivity contribution in [3.05, 3.63) is 40.8 Å². The molecule has 25 heavy (non-hydrogen) atoms. The molecule has 2 aromatic rings. The molecule has 3 rings (SSSR count). The maximum atomic E-state index is 12.6. The molecule has 0 bridgehead atoms. The Morgan fingerprint density at radius 3 is 2.56 bits per heavy atom. The van der Waals surface area contributed by atoms with Crippen LogP contribution in [0.1, 0.15) is 42.5 Å². The van der Waals surface area contributed by atoms with Gasteiger partial charge >= 0.3 is 0 Å². The predicted octanol–water partition coefficient (Wildman–Crippen LogP) is 3.12. The molecule has 0 saturated heterocycles. The second-order valence-electron chi connectivity index (χ2n) is 6.67. The number of hydrogen-bond donors (Lipinski definition) is 1. The van der Waals surface area contributed by atoms with Gasteiger partial charge in [0, 0.05) is 5.56 Å². The smallest absolute Gasteiger partial charge is 0.225 e. The van der Waals surface area contributed by atoms with Gasteiger partial charge in [-0.05, 0) is 37.5 Å². The average Bonchev–Trinajstić information content (AvgIpc) is 2.91. The van der Waals surface area contributed by atoms with Crippen molar-refractivity contribution in [1.29, 1.82) is 0 Å². The Morgan fingerprint density at radius 1 is 1.20 bits per heavy atom. The van der Waals surface area contributed by atoms with Crippen LogP contribution >= 0.6 is 0 Å². The van der Waals surface area contributed by atoms with E-state index in [4.69, 9.17) is 14.0 Å². The molecule has 1 aromatic carbocycles. The van der Waals surface area contributed by atoms with E-state index in [1.54, 1.807) is 0 Å². The van der Waals surface area contributed by atoms with Crippen molar-refractivity contribution in [3.63, 3.8) is 0 Å². The molecule has 134 valence electrons. The molecule has 1 N–H and O–H groups in total. The van der Waals surface area contributed by atoms with Gasteiger partial charge in [0.15, 0.2) is 11.5 Å². The summed E-state index contributed by atoms with van der Waals surface area (Å²) in [5, 5.41) is 7.03. The fourth-order valence-electron chi connectivity index (χ4n) is 3.03. The average molecular weight is 344 g/mol. The van der Waals surface area contributed by atoms with Gasteiger partial charge in [0.1, 0.15) is 19.0 Å². The highest BCUT2D eigenvalue weighted by molar-refractivity contribution is 5.79. The summed E-state index contributed by atoms with van der Waals surface area (Å²) >= 11 is 0. The molecular formula is C19H24N2O4. The molecule has 6 nitrogen and oxygen atoms in total. The van der Waals surface area contributed by atoms with Gasteiger partial charge in [0.25, 0.3) is 0 Å². The Bertz CT molecular complexity index is 747. The number of fused-ring (bicyclic) bond motifs is 1. The summed E-state index contributed by atoms with van der Waals surface area (Å²) in [5.74, 6) is 2.35. The van der Waals surface area contributed by atoms with Crippen LogP contribution in [0.5, 0.6) is 11.5 Å². The Kier molecular flexibility index (Phi) is 4.97. The van der Waals surface area contributed by atoms with Crippen LogP contribution in [-0.2, 0) is 11.2 Å². The lowest BCUT2D eigenvalue weighted by atomic mass is 9.95. The van der Waals surface area contributed by atoms with E-state index in [1.165, 1.54) is 0 Å². The Labute approximate surface area is 147 Å². The predicted molar refractivity (Wildman–Crippen MR) is 92.8 cm³/mol. The van der Waals surface area contributed by atoms with Crippen molar-refractivity contribution in [2.75, 3.05) is 13.2 Å². The number of nitrogens with zero attached hydrogens (tertiary/aromatic N) is 1. The summed E-state index contributed by atoms with van der Waals surface area (Å²) in [4.78, 5) is 12.6. The molecule has 0 radical (unpaired) electrons. The van der Waals surface area contributed by atoms with Gasteiger partial charge in [-0.25, -0.2) is 0 Å². The topological polar surface area (TPSA) is 73.6 Å². The first-order chi connectivity index (χ1) is 12.0. The lowest BCUT2D eigenvalue weighted by Gasteiger charge is -2.25. The van der Waals surface area contributed by atoms with Crippen LogP contribution in [0.2, 0.25) is 0 Å². The van der Waals surface area contributed by atoms with E-state index in [2.05, 4.69) is 24.3 Å². The van der Waals surface area contributed by atoms with E-state index in [9.17, 15) is 4.79 Å². The molecule has 1 aromatic heterocycles. The van der Waals surface area contributed by atoms with Crippen LogP contribution in [0.15, 0.2) is 22.7 Å². The number of rotatable bonds is 5. The normalized spacial score (nSPS) is 14.4. The highest BCUT2D eigenvalue weighted by atomic mass is 16.6. The van der Waals surface area contributed by atoms with Crippen LogP contribution < -0.4 is 14.8 Å². The van der Waals surface area contributed by atoms with Gasteiger partial charge in [-0.1, -0.05) is 25.1 Å². The molecule has 1 amide bonds. The molecule has 2 heterocycles. The lowest BCUT2D eigenvalue weighted by Crippen LogP contribution is -2.33. The zero-order chi connectivity index (χ0) is 18.0. The van der Waals surface area contributed by atoms with Crippen LogP contribution in [0.25, 0.3) is 0 Å². The zero-order valence-corrected chi connectivity index (χ0v) is 15.1. The van der Waals surface area contributed by atoms with Gasteiger partial charge in [0.05, 0.1) is 18.2 Å². The highest BCUT2D eigenvalue weighted by Gasteiger charge is 2.22. The molecule has 0 spiro atoms. The fraction of sp³-hybridized carbons (Fsp3) is 0.474. The van der Waals surface area contributed by atoms with Gasteiger partial charge in [-0.15, -0.1) is 0 Å².